The molecule has 70 valence electrons. The second kappa shape index (κ2) is 6.08. The molecule has 1 aliphatic rings. The van der Waals surface area contributed by atoms with Gasteiger partial charge in [0.15, 0.2) is 0 Å². The minimum atomic E-state index is -0.563. The molecule has 1 unspecified atom stereocenters. The van der Waals surface area contributed by atoms with Crippen LogP contribution in [0.1, 0.15) is 19.3 Å². The molecule has 0 aromatic rings. The SMILES string of the molecule is C=CCC(N)C(N)=O.SC1CC1. The van der Waals surface area contributed by atoms with Crippen molar-refractivity contribution in [3.05, 3.63) is 12.7 Å². The second-order valence-corrected chi connectivity index (χ2v) is 3.49. The van der Waals surface area contributed by atoms with Crippen LogP contribution in [0.15, 0.2) is 12.7 Å². The van der Waals surface area contributed by atoms with E-state index in [1.807, 2.05) is 0 Å². The van der Waals surface area contributed by atoms with Crippen LogP contribution in [0.4, 0.5) is 0 Å². The van der Waals surface area contributed by atoms with Crippen LogP contribution >= 0.6 is 12.6 Å². The van der Waals surface area contributed by atoms with Gasteiger partial charge in [-0.05, 0) is 19.3 Å². The van der Waals surface area contributed by atoms with Crippen LogP contribution in [0, 0.1) is 0 Å². The molecule has 4 N–H and O–H groups in total. The largest absolute Gasteiger partial charge is 0.368 e. The summed E-state index contributed by atoms with van der Waals surface area (Å²) in [6.45, 7) is 3.40. The van der Waals surface area contributed by atoms with Gasteiger partial charge in [-0.25, -0.2) is 0 Å². The van der Waals surface area contributed by atoms with Crippen molar-refractivity contribution in [2.24, 2.45) is 11.5 Å². The quantitative estimate of drug-likeness (QED) is 0.445. The smallest absolute Gasteiger partial charge is 0.234 e. The van der Waals surface area contributed by atoms with Gasteiger partial charge in [0.25, 0.3) is 0 Å². The molecular weight excluding hydrogens is 172 g/mol. The third-order valence-electron chi connectivity index (χ3n) is 1.33. The standard InChI is InChI=1S/C5H10N2O.C3H6S/c1-2-3-4(6)5(7)8;4-3-1-2-3/h2,4H,1,3,6H2,(H2,7,8);3-4H,1-2H2. The van der Waals surface area contributed by atoms with Crippen LogP contribution in [-0.4, -0.2) is 17.2 Å². The molecular formula is C8H16N2OS. The molecule has 3 nitrogen and oxygen atoms in total. The van der Waals surface area contributed by atoms with Crippen molar-refractivity contribution in [3.8, 4) is 0 Å². The topological polar surface area (TPSA) is 69.1 Å². The summed E-state index contributed by atoms with van der Waals surface area (Å²) >= 11 is 4.08. The Morgan fingerprint density at radius 2 is 2.17 bits per heavy atom. The molecule has 0 aromatic heterocycles. The lowest BCUT2D eigenvalue weighted by atomic mass is 10.2. The van der Waals surface area contributed by atoms with Gasteiger partial charge in [-0.2, -0.15) is 12.6 Å². The number of nitrogens with two attached hydrogens (primary N) is 2. The van der Waals surface area contributed by atoms with E-state index >= 15 is 0 Å². The molecule has 1 saturated carbocycles. The molecule has 0 aliphatic heterocycles. The normalized spacial score (nSPS) is 17.2. The summed E-state index contributed by atoms with van der Waals surface area (Å²) in [4.78, 5) is 10.1. The van der Waals surface area contributed by atoms with Crippen molar-refractivity contribution in [1.82, 2.24) is 0 Å². The molecule has 1 amide bonds. The van der Waals surface area contributed by atoms with Gasteiger partial charge in [-0.1, -0.05) is 6.08 Å². The van der Waals surface area contributed by atoms with E-state index in [1.54, 1.807) is 6.08 Å². The fraction of sp³-hybridized carbons (Fsp3) is 0.625. The number of thiol groups is 1. The molecule has 4 heteroatoms. The first-order chi connectivity index (χ1) is 5.57. The van der Waals surface area contributed by atoms with E-state index < -0.39 is 11.9 Å². The minimum absolute atomic E-state index is 0.454. The Morgan fingerprint density at radius 1 is 1.75 bits per heavy atom. The van der Waals surface area contributed by atoms with E-state index in [9.17, 15) is 4.79 Å². The van der Waals surface area contributed by atoms with E-state index in [1.165, 1.54) is 12.8 Å². The highest BCUT2D eigenvalue weighted by molar-refractivity contribution is 7.81. The lowest BCUT2D eigenvalue weighted by molar-refractivity contribution is -0.119. The molecule has 1 rings (SSSR count). The summed E-state index contributed by atoms with van der Waals surface area (Å²) in [5, 5.41) is 0.778. The lowest BCUT2D eigenvalue weighted by Crippen LogP contribution is -2.35. The second-order valence-electron chi connectivity index (χ2n) is 2.76. The van der Waals surface area contributed by atoms with Crippen LogP contribution in [0.25, 0.3) is 0 Å². The fourth-order valence-corrected chi connectivity index (χ4v) is 0.519. The third-order valence-corrected chi connectivity index (χ3v) is 1.85. The van der Waals surface area contributed by atoms with Crippen LogP contribution in [0.5, 0.6) is 0 Å². The predicted octanol–water partition coefficient (Wildman–Crippen LogP) is 0.454. The monoisotopic (exact) mass is 188 g/mol. The zero-order chi connectivity index (χ0) is 9.56. The highest BCUT2D eigenvalue weighted by atomic mass is 32.1. The van der Waals surface area contributed by atoms with Gasteiger partial charge in [-0.15, -0.1) is 6.58 Å². The Hall–Kier alpha value is -0.480. The molecule has 1 atom stereocenters. The van der Waals surface area contributed by atoms with Crippen LogP contribution < -0.4 is 11.5 Å². The van der Waals surface area contributed by atoms with Crippen molar-refractivity contribution >= 4 is 18.5 Å². The predicted molar refractivity (Wildman–Crippen MR) is 54.0 cm³/mol. The zero-order valence-electron chi connectivity index (χ0n) is 7.07. The van der Waals surface area contributed by atoms with Crippen LogP contribution in [0.2, 0.25) is 0 Å². The maximum absolute atomic E-state index is 10.1. The van der Waals surface area contributed by atoms with Gasteiger partial charge in [0.05, 0.1) is 6.04 Å². The summed E-state index contributed by atoms with van der Waals surface area (Å²) < 4.78 is 0. The number of rotatable bonds is 3. The Kier molecular flexibility index (Phi) is 5.84. The Labute approximate surface area is 78.6 Å². The summed E-state index contributed by atoms with van der Waals surface area (Å²) in [5.41, 5.74) is 9.99. The average Bonchev–Trinajstić information content (AvgIpc) is 2.73. The zero-order valence-corrected chi connectivity index (χ0v) is 7.97. The Bertz CT molecular complexity index is 157. The van der Waals surface area contributed by atoms with E-state index in [0.29, 0.717) is 6.42 Å². The number of carbonyl (C=O) groups is 1. The maximum Gasteiger partial charge on any atom is 0.234 e. The summed E-state index contributed by atoms with van der Waals surface area (Å²) in [7, 11) is 0. The van der Waals surface area contributed by atoms with E-state index in [2.05, 4.69) is 19.2 Å². The van der Waals surface area contributed by atoms with Gasteiger partial charge >= 0.3 is 0 Å². The minimum Gasteiger partial charge on any atom is -0.368 e. The average molecular weight is 188 g/mol. The van der Waals surface area contributed by atoms with Crippen molar-refractivity contribution in [2.75, 3.05) is 0 Å². The first kappa shape index (κ1) is 11.5. The molecule has 1 aliphatic carbocycles. The van der Waals surface area contributed by atoms with Crippen LogP contribution in [0.3, 0.4) is 0 Å². The van der Waals surface area contributed by atoms with Crippen molar-refractivity contribution < 1.29 is 4.79 Å². The summed E-state index contributed by atoms with van der Waals surface area (Å²) in [6.07, 6.45) is 4.72. The van der Waals surface area contributed by atoms with Crippen molar-refractivity contribution in [2.45, 2.75) is 30.6 Å². The van der Waals surface area contributed by atoms with Gasteiger partial charge in [0, 0.05) is 5.25 Å². The molecule has 12 heavy (non-hydrogen) atoms. The van der Waals surface area contributed by atoms with Crippen molar-refractivity contribution in [3.63, 3.8) is 0 Å². The number of carbonyl (C=O) groups excluding carboxylic acids is 1. The number of primary amides is 1. The van der Waals surface area contributed by atoms with E-state index in [4.69, 9.17) is 11.5 Å². The fourth-order valence-electron chi connectivity index (χ4n) is 0.370. The third kappa shape index (κ3) is 7.63. The van der Waals surface area contributed by atoms with E-state index in [-0.39, 0.29) is 0 Å². The lowest BCUT2D eigenvalue weighted by Gasteiger charge is -1.99. The first-order valence-electron chi connectivity index (χ1n) is 3.91. The van der Waals surface area contributed by atoms with Crippen molar-refractivity contribution in [1.29, 1.82) is 0 Å². The van der Waals surface area contributed by atoms with Gasteiger partial charge in [-0.3, -0.25) is 4.79 Å². The molecule has 0 heterocycles. The molecule has 0 spiro atoms. The first-order valence-corrected chi connectivity index (χ1v) is 4.43. The van der Waals surface area contributed by atoms with Gasteiger partial charge in [0.2, 0.25) is 5.91 Å². The van der Waals surface area contributed by atoms with Gasteiger partial charge < -0.3 is 11.5 Å². The number of hydrogen-bond acceptors (Lipinski definition) is 3. The highest BCUT2D eigenvalue weighted by Crippen LogP contribution is 2.24. The summed E-state index contributed by atoms with van der Waals surface area (Å²) in [5.74, 6) is -0.482. The molecule has 0 radical (unpaired) electrons. The molecule has 0 saturated heterocycles. The Morgan fingerprint density at radius 3 is 2.25 bits per heavy atom. The molecule has 0 aromatic carbocycles. The van der Waals surface area contributed by atoms with Gasteiger partial charge in [0.1, 0.15) is 0 Å². The Balaban J connectivity index is 0.000000247. The van der Waals surface area contributed by atoms with E-state index in [0.717, 1.165) is 5.25 Å². The maximum atomic E-state index is 10.1. The van der Waals surface area contributed by atoms with Crippen LogP contribution in [-0.2, 0) is 4.79 Å². The number of amides is 1. The number of hydrogen-bond donors (Lipinski definition) is 3. The molecule has 1 fully saturated rings. The highest BCUT2D eigenvalue weighted by Gasteiger charge is 2.14. The summed E-state index contributed by atoms with van der Waals surface area (Å²) in [6, 6.07) is -0.563. The molecule has 0 bridgehead atoms.